The largest absolute Gasteiger partial charge is 0.310 e. The van der Waals surface area contributed by atoms with Gasteiger partial charge in [0.25, 0.3) is 0 Å². The van der Waals surface area contributed by atoms with E-state index in [0.717, 1.165) is 11.4 Å². The van der Waals surface area contributed by atoms with E-state index in [1.165, 1.54) is 70.0 Å². The highest BCUT2D eigenvalue weighted by Gasteiger charge is 2.39. The molecule has 2 heteroatoms. The van der Waals surface area contributed by atoms with Crippen molar-refractivity contribution in [2.24, 2.45) is 0 Å². The van der Waals surface area contributed by atoms with E-state index in [9.17, 15) is 0 Å². The average Bonchev–Trinajstić information content (AvgIpc) is 3.59. The zero-order valence-corrected chi connectivity index (χ0v) is 26.1. The molecule has 0 fully saturated rings. The molecule has 1 aromatic heterocycles. The zero-order chi connectivity index (χ0) is 30.1. The second kappa shape index (κ2) is 9.92. The molecule has 0 bridgehead atoms. The number of hydrogen-bond donors (Lipinski definition) is 0. The Labute approximate surface area is 267 Å². The molecule has 0 amide bonds. The predicted molar refractivity (Wildman–Crippen MR) is 195 cm³/mol. The van der Waals surface area contributed by atoms with Gasteiger partial charge in [-0.3, -0.25) is 0 Å². The third kappa shape index (κ3) is 3.92. The maximum atomic E-state index is 2.45. The van der Waals surface area contributed by atoms with Crippen molar-refractivity contribution in [3.8, 4) is 22.3 Å². The van der Waals surface area contributed by atoms with Gasteiger partial charge in [-0.2, -0.15) is 0 Å². The van der Waals surface area contributed by atoms with Gasteiger partial charge in [0.2, 0.25) is 0 Å². The number of rotatable bonds is 4. The minimum absolute atomic E-state index is 0.115. The molecular formula is C43H31NS. The standard InChI is InChI=1S/C43H31NS/c1-43(2)36-20-10-8-17-34(36)41-37(27-29-13-6-7-16-33(29)42(41)43)44(30-14-4-3-5-15-30)31-25-23-28(24-26-31)32-19-12-22-39-40(32)35-18-9-11-21-38(35)45-39/h3-27H,1-2H3. The van der Waals surface area contributed by atoms with E-state index < -0.39 is 0 Å². The molecule has 1 aliphatic carbocycles. The first-order valence-electron chi connectivity index (χ1n) is 15.6. The molecule has 7 aromatic carbocycles. The Morgan fingerprint density at radius 3 is 2.02 bits per heavy atom. The molecule has 45 heavy (non-hydrogen) atoms. The van der Waals surface area contributed by atoms with Gasteiger partial charge in [-0.05, 0) is 81.1 Å². The highest BCUT2D eigenvalue weighted by Crippen LogP contribution is 2.56. The SMILES string of the molecule is CC1(C)c2ccccc2-c2c(N(c3ccccc3)c3ccc(-c4cccc5sc6ccccc6c45)cc3)cc3ccccc3c21. The van der Waals surface area contributed by atoms with Gasteiger partial charge in [0, 0.05) is 42.5 Å². The molecule has 0 spiro atoms. The zero-order valence-electron chi connectivity index (χ0n) is 25.3. The monoisotopic (exact) mass is 593 g/mol. The van der Waals surface area contributed by atoms with Crippen LogP contribution in [0.1, 0.15) is 25.0 Å². The number of fused-ring (bicyclic) bond motifs is 8. The number of thiophene rings is 1. The molecule has 1 nitrogen and oxygen atoms in total. The first kappa shape index (κ1) is 26.2. The van der Waals surface area contributed by atoms with Crippen LogP contribution in [0.2, 0.25) is 0 Å². The maximum Gasteiger partial charge on any atom is 0.0549 e. The summed E-state index contributed by atoms with van der Waals surface area (Å²) in [7, 11) is 0. The van der Waals surface area contributed by atoms with Crippen molar-refractivity contribution in [3.05, 3.63) is 163 Å². The van der Waals surface area contributed by atoms with Crippen molar-refractivity contribution in [2.45, 2.75) is 19.3 Å². The Balaban J connectivity index is 1.28. The van der Waals surface area contributed by atoms with Gasteiger partial charge in [-0.15, -0.1) is 11.3 Å². The van der Waals surface area contributed by atoms with Crippen LogP contribution in [-0.2, 0) is 5.41 Å². The van der Waals surface area contributed by atoms with Crippen LogP contribution in [-0.4, -0.2) is 0 Å². The summed E-state index contributed by atoms with van der Waals surface area (Å²) in [5.41, 5.74) is 11.4. The van der Waals surface area contributed by atoms with Crippen LogP contribution in [0, 0.1) is 0 Å². The third-order valence-electron chi connectivity index (χ3n) is 9.62. The minimum atomic E-state index is -0.115. The molecule has 0 unspecified atom stereocenters. The lowest BCUT2D eigenvalue weighted by molar-refractivity contribution is 0.666. The van der Waals surface area contributed by atoms with Gasteiger partial charge in [0.05, 0.1) is 5.69 Å². The molecule has 214 valence electrons. The van der Waals surface area contributed by atoms with Gasteiger partial charge in [0.1, 0.15) is 0 Å². The first-order valence-corrected chi connectivity index (χ1v) is 16.4. The lowest BCUT2D eigenvalue weighted by Gasteiger charge is -2.30. The van der Waals surface area contributed by atoms with Crippen molar-refractivity contribution in [3.63, 3.8) is 0 Å². The quantitative estimate of drug-likeness (QED) is 0.196. The van der Waals surface area contributed by atoms with E-state index >= 15 is 0 Å². The van der Waals surface area contributed by atoms with Crippen molar-refractivity contribution < 1.29 is 0 Å². The summed E-state index contributed by atoms with van der Waals surface area (Å²) in [6.45, 7) is 4.76. The Morgan fingerprint density at radius 2 is 1.18 bits per heavy atom. The van der Waals surface area contributed by atoms with Crippen LogP contribution in [0.4, 0.5) is 17.1 Å². The molecule has 0 saturated heterocycles. The summed E-state index contributed by atoms with van der Waals surface area (Å²) < 4.78 is 2.66. The fourth-order valence-corrected chi connectivity index (χ4v) is 8.75. The van der Waals surface area contributed by atoms with E-state index in [1.807, 2.05) is 11.3 Å². The third-order valence-corrected chi connectivity index (χ3v) is 10.8. The van der Waals surface area contributed by atoms with Crippen molar-refractivity contribution >= 4 is 59.3 Å². The van der Waals surface area contributed by atoms with Crippen LogP contribution < -0.4 is 4.90 Å². The lowest BCUT2D eigenvalue weighted by Crippen LogP contribution is -2.16. The molecule has 0 saturated carbocycles. The number of para-hydroxylation sites is 1. The Morgan fingerprint density at radius 1 is 0.533 bits per heavy atom. The predicted octanol–water partition coefficient (Wildman–Crippen LogP) is 12.7. The Hall–Kier alpha value is -5.18. The normalized spacial score (nSPS) is 13.3. The minimum Gasteiger partial charge on any atom is -0.310 e. The fourth-order valence-electron chi connectivity index (χ4n) is 7.62. The molecule has 1 aliphatic rings. The highest BCUT2D eigenvalue weighted by atomic mass is 32.1. The Kier molecular flexibility index (Phi) is 5.78. The van der Waals surface area contributed by atoms with Crippen molar-refractivity contribution in [1.29, 1.82) is 0 Å². The van der Waals surface area contributed by atoms with Gasteiger partial charge >= 0.3 is 0 Å². The van der Waals surface area contributed by atoms with Gasteiger partial charge in [0.15, 0.2) is 0 Å². The highest BCUT2D eigenvalue weighted by molar-refractivity contribution is 7.25. The summed E-state index contributed by atoms with van der Waals surface area (Å²) in [5, 5.41) is 5.27. The van der Waals surface area contributed by atoms with Crippen LogP contribution in [0.15, 0.2) is 152 Å². The van der Waals surface area contributed by atoms with Crippen LogP contribution in [0.5, 0.6) is 0 Å². The smallest absolute Gasteiger partial charge is 0.0549 e. The summed E-state index contributed by atoms with van der Waals surface area (Å²) in [6.07, 6.45) is 0. The van der Waals surface area contributed by atoms with Gasteiger partial charge < -0.3 is 4.90 Å². The number of benzene rings is 7. The van der Waals surface area contributed by atoms with E-state index in [1.54, 1.807) is 0 Å². The Bertz CT molecular complexity index is 2400. The summed E-state index contributed by atoms with van der Waals surface area (Å²) in [5.74, 6) is 0. The molecule has 9 rings (SSSR count). The second-order valence-corrected chi connectivity index (χ2v) is 13.6. The maximum absolute atomic E-state index is 2.45. The average molecular weight is 594 g/mol. The fraction of sp³-hybridized carbons (Fsp3) is 0.0698. The van der Waals surface area contributed by atoms with Gasteiger partial charge in [-0.1, -0.05) is 123 Å². The second-order valence-electron chi connectivity index (χ2n) is 12.5. The number of hydrogen-bond acceptors (Lipinski definition) is 2. The van der Waals surface area contributed by atoms with E-state index in [2.05, 4.69) is 170 Å². The van der Waals surface area contributed by atoms with Crippen LogP contribution in [0.25, 0.3) is 53.2 Å². The van der Waals surface area contributed by atoms with E-state index in [-0.39, 0.29) is 5.41 Å². The van der Waals surface area contributed by atoms with Crippen LogP contribution >= 0.6 is 11.3 Å². The molecular weight excluding hydrogens is 563 g/mol. The molecule has 0 aliphatic heterocycles. The molecule has 1 heterocycles. The molecule has 0 atom stereocenters. The molecule has 8 aromatic rings. The first-order chi connectivity index (χ1) is 22.1. The van der Waals surface area contributed by atoms with E-state index in [4.69, 9.17) is 0 Å². The lowest BCUT2D eigenvalue weighted by atomic mass is 9.80. The van der Waals surface area contributed by atoms with Crippen molar-refractivity contribution in [1.82, 2.24) is 0 Å². The van der Waals surface area contributed by atoms with Gasteiger partial charge in [-0.25, -0.2) is 0 Å². The summed E-state index contributed by atoms with van der Waals surface area (Å²) in [4.78, 5) is 2.45. The topological polar surface area (TPSA) is 3.24 Å². The van der Waals surface area contributed by atoms with Crippen molar-refractivity contribution in [2.75, 3.05) is 4.90 Å². The van der Waals surface area contributed by atoms with Crippen LogP contribution in [0.3, 0.4) is 0 Å². The molecule has 0 radical (unpaired) electrons. The number of nitrogens with zero attached hydrogens (tertiary/aromatic N) is 1. The summed E-state index contributed by atoms with van der Waals surface area (Å²) >= 11 is 1.87. The molecule has 0 N–H and O–H groups in total. The summed E-state index contributed by atoms with van der Waals surface area (Å²) in [6, 6.07) is 55.7. The van der Waals surface area contributed by atoms with E-state index in [0.29, 0.717) is 0 Å². The number of anilines is 3.